The Morgan fingerprint density at radius 3 is 1.20 bits per heavy atom. The number of ether oxygens (including phenoxy) is 4. The second kappa shape index (κ2) is 23.4. The van der Waals surface area contributed by atoms with Gasteiger partial charge in [0.1, 0.15) is 0 Å². The summed E-state index contributed by atoms with van der Waals surface area (Å²) in [5.74, 6) is 0. The van der Waals surface area contributed by atoms with Crippen molar-refractivity contribution >= 4 is 17.1 Å². The molecule has 5 nitrogen and oxygen atoms in total. The molecule has 0 radical (unpaired) electrons. The summed E-state index contributed by atoms with van der Waals surface area (Å²) in [5, 5.41) is 0. The van der Waals surface area contributed by atoms with Crippen LogP contribution in [0.2, 0.25) is 0 Å². The van der Waals surface area contributed by atoms with E-state index in [1.165, 1.54) is 83.0 Å². The van der Waals surface area contributed by atoms with Gasteiger partial charge in [-0.05, 0) is 150 Å². The van der Waals surface area contributed by atoms with Gasteiger partial charge in [-0.25, -0.2) is 0 Å². The number of benzene rings is 6. The van der Waals surface area contributed by atoms with E-state index in [0.29, 0.717) is 0 Å². The van der Waals surface area contributed by atoms with Gasteiger partial charge in [-0.15, -0.1) is 0 Å². The lowest BCUT2D eigenvalue weighted by atomic mass is 9.84. The maximum Gasteiger partial charge on any atom is 0.0566 e. The van der Waals surface area contributed by atoms with E-state index in [1.807, 2.05) is 0 Å². The first-order valence-corrected chi connectivity index (χ1v) is 24.7. The molecule has 2 saturated heterocycles. The van der Waals surface area contributed by atoms with Gasteiger partial charge >= 0.3 is 0 Å². The van der Waals surface area contributed by atoms with Crippen LogP contribution in [0.5, 0.6) is 0 Å². The fraction of sp³-hybridized carbons (Fsp3) is 0.400. The molecule has 0 atom stereocenters. The van der Waals surface area contributed by atoms with Crippen LogP contribution in [0.3, 0.4) is 0 Å². The van der Waals surface area contributed by atoms with Crippen LogP contribution < -0.4 is 4.90 Å². The van der Waals surface area contributed by atoms with Crippen molar-refractivity contribution in [1.29, 1.82) is 0 Å². The van der Waals surface area contributed by atoms with Gasteiger partial charge in [0, 0.05) is 41.1 Å². The zero-order chi connectivity index (χ0) is 44.6. The molecule has 65 heavy (non-hydrogen) atoms. The van der Waals surface area contributed by atoms with Crippen molar-refractivity contribution in [2.24, 2.45) is 10.8 Å². The first kappa shape index (κ1) is 46.5. The van der Waals surface area contributed by atoms with E-state index in [-0.39, 0.29) is 10.8 Å². The third-order valence-electron chi connectivity index (χ3n) is 14.0. The summed E-state index contributed by atoms with van der Waals surface area (Å²) in [6, 6.07) is 56.1. The average molecular weight is 870 g/mol. The summed E-state index contributed by atoms with van der Waals surface area (Å²) in [5.41, 5.74) is 14.1. The molecule has 0 N–H and O–H groups in total. The summed E-state index contributed by atoms with van der Waals surface area (Å²) in [4.78, 5) is 2.36. The van der Waals surface area contributed by atoms with Crippen molar-refractivity contribution in [1.82, 2.24) is 0 Å². The number of anilines is 3. The van der Waals surface area contributed by atoms with Crippen LogP contribution in [0.1, 0.15) is 89.2 Å². The molecular weight excluding hydrogens is 799 g/mol. The number of hydrogen-bond donors (Lipinski definition) is 0. The molecule has 6 aromatic carbocycles. The van der Waals surface area contributed by atoms with Crippen LogP contribution in [0.15, 0.2) is 152 Å². The van der Waals surface area contributed by atoms with E-state index < -0.39 is 0 Å². The number of para-hydroxylation sites is 1. The van der Waals surface area contributed by atoms with Crippen LogP contribution >= 0.6 is 0 Å². The molecule has 8 rings (SSSR count). The summed E-state index contributed by atoms with van der Waals surface area (Å²) in [6.07, 6.45) is 14.0. The molecule has 2 aliphatic heterocycles. The van der Waals surface area contributed by atoms with Crippen molar-refractivity contribution < 1.29 is 18.9 Å². The van der Waals surface area contributed by atoms with E-state index in [4.69, 9.17) is 18.9 Å². The lowest BCUT2D eigenvalue weighted by Gasteiger charge is -2.40. The fourth-order valence-corrected chi connectivity index (χ4v) is 9.17. The van der Waals surface area contributed by atoms with Crippen molar-refractivity contribution in [3.05, 3.63) is 163 Å². The molecule has 0 aliphatic carbocycles. The van der Waals surface area contributed by atoms with Crippen LogP contribution in [0, 0.1) is 10.8 Å². The van der Waals surface area contributed by atoms with Crippen LogP contribution in [0.25, 0.3) is 33.4 Å². The fourth-order valence-electron chi connectivity index (χ4n) is 9.17. The van der Waals surface area contributed by atoms with E-state index in [1.54, 1.807) is 0 Å². The predicted molar refractivity (Wildman–Crippen MR) is 271 cm³/mol. The molecule has 0 aromatic heterocycles. The lowest BCUT2D eigenvalue weighted by Crippen LogP contribution is -2.45. The summed E-state index contributed by atoms with van der Waals surface area (Å²) < 4.78 is 22.9. The minimum Gasteiger partial charge on any atom is -0.381 e. The summed E-state index contributed by atoms with van der Waals surface area (Å²) in [7, 11) is 0. The normalized spacial score (nSPS) is 15.0. The maximum atomic E-state index is 6.02. The van der Waals surface area contributed by atoms with Crippen molar-refractivity contribution in [3.8, 4) is 33.4 Å². The van der Waals surface area contributed by atoms with Crippen LogP contribution in [-0.4, -0.2) is 52.9 Å². The monoisotopic (exact) mass is 870 g/mol. The summed E-state index contributed by atoms with van der Waals surface area (Å²) >= 11 is 0. The second-order valence-electron chi connectivity index (χ2n) is 18.9. The Kier molecular flexibility index (Phi) is 16.8. The third kappa shape index (κ3) is 12.7. The summed E-state index contributed by atoms with van der Waals surface area (Å²) in [6.45, 7) is 11.3. The van der Waals surface area contributed by atoms with E-state index in [2.05, 4.69) is 170 Å². The van der Waals surface area contributed by atoms with Gasteiger partial charge in [-0.1, -0.05) is 137 Å². The van der Waals surface area contributed by atoms with E-state index in [9.17, 15) is 0 Å². The van der Waals surface area contributed by atoms with Gasteiger partial charge in [0.15, 0.2) is 0 Å². The Labute approximate surface area is 390 Å². The first-order chi connectivity index (χ1) is 32.0. The highest BCUT2D eigenvalue weighted by molar-refractivity contribution is 5.83. The van der Waals surface area contributed by atoms with Gasteiger partial charge < -0.3 is 23.8 Å². The Balaban J connectivity index is 0.889. The predicted octanol–water partition coefficient (Wildman–Crippen LogP) is 15.2. The number of hydrogen-bond acceptors (Lipinski definition) is 5. The van der Waals surface area contributed by atoms with Crippen LogP contribution in [0.4, 0.5) is 17.1 Å². The molecule has 5 heteroatoms. The Morgan fingerprint density at radius 1 is 0.400 bits per heavy atom. The lowest BCUT2D eigenvalue weighted by molar-refractivity contribution is -0.150. The number of rotatable bonds is 26. The molecule has 6 aromatic rings. The molecular formula is C60H71NO4. The highest BCUT2D eigenvalue weighted by Crippen LogP contribution is 2.38. The zero-order valence-corrected chi connectivity index (χ0v) is 39.2. The molecule has 0 saturated carbocycles. The molecule has 0 unspecified atom stereocenters. The SMILES string of the molecule is CCC1(COCCCCCCc2ccc(-c3cc(-c4ccccc4)cc(-c4ccc(N(c5ccccc5)c5ccc(CCCCCCOCC6(CC)COC6)cc5)cc4)c3)cc2)COC1. The molecule has 340 valence electrons. The maximum absolute atomic E-state index is 6.02. The van der Waals surface area contributed by atoms with E-state index in [0.717, 1.165) is 108 Å². The number of unbranched alkanes of at least 4 members (excludes halogenated alkanes) is 6. The number of nitrogens with zero attached hydrogens (tertiary/aromatic N) is 1. The van der Waals surface area contributed by atoms with Crippen LogP contribution in [-0.2, 0) is 31.8 Å². The second-order valence-corrected chi connectivity index (χ2v) is 18.9. The highest BCUT2D eigenvalue weighted by atomic mass is 16.5. The largest absolute Gasteiger partial charge is 0.381 e. The van der Waals surface area contributed by atoms with Gasteiger partial charge in [0.25, 0.3) is 0 Å². The molecule has 0 spiro atoms. The standard InChI is InChI=1S/C60H71NO4/c1-3-59(44-64-45-59)42-62-37-17-7-5-11-19-48-25-29-51(30-26-48)54-39-53(50-21-13-9-14-22-50)40-55(41-54)52-31-35-58(36-32-52)61(56-23-15-10-16-24-56)57-33-27-49(28-34-57)20-12-6-8-18-38-63-43-60(4-2)46-65-47-60/h9-10,13-16,21-36,39-41H,3-8,11-12,17-20,37-38,42-47H2,1-2H3. The van der Waals surface area contributed by atoms with E-state index >= 15 is 0 Å². The number of aryl methyl sites for hydroxylation is 2. The Bertz CT molecular complexity index is 2290. The van der Waals surface area contributed by atoms with Gasteiger partial charge in [0.05, 0.1) is 39.6 Å². The molecule has 2 fully saturated rings. The van der Waals surface area contributed by atoms with Gasteiger partial charge in [-0.3, -0.25) is 0 Å². The molecule has 2 aliphatic rings. The minimum atomic E-state index is 0.279. The molecule has 0 bridgehead atoms. The topological polar surface area (TPSA) is 40.2 Å². The van der Waals surface area contributed by atoms with Crippen molar-refractivity contribution in [2.45, 2.75) is 90.9 Å². The Morgan fingerprint density at radius 2 is 0.769 bits per heavy atom. The molecule has 2 heterocycles. The molecule has 0 amide bonds. The highest BCUT2D eigenvalue weighted by Gasteiger charge is 2.37. The smallest absolute Gasteiger partial charge is 0.0566 e. The van der Waals surface area contributed by atoms with Gasteiger partial charge in [0.2, 0.25) is 0 Å². The third-order valence-corrected chi connectivity index (χ3v) is 14.0. The van der Waals surface area contributed by atoms with Gasteiger partial charge in [-0.2, -0.15) is 0 Å². The van der Waals surface area contributed by atoms with Crippen molar-refractivity contribution in [2.75, 3.05) is 57.8 Å². The first-order valence-electron chi connectivity index (χ1n) is 24.7. The quantitative estimate of drug-likeness (QED) is 0.0508. The minimum absolute atomic E-state index is 0.279. The average Bonchev–Trinajstić information content (AvgIpc) is 3.33. The Hall–Kier alpha value is -5.04. The van der Waals surface area contributed by atoms with Crippen molar-refractivity contribution in [3.63, 3.8) is 0 Å². The zero-order valence-electron chi connectivity index (χ0n) is 39.2.